The molecule has 0 aliphatic carbocycles. The van der Waals surface area contributed by atoms with E-state index in [1.54, 1.807) is 0 Å². The minimum absolute atomic E-state index is 0. The molecule has 0 aromatic carbocycles. The van der Waals surface area contributed by atoms with E-state index in [2.05, 4.69) is 0 Å². The van der Waals surface area contributed by atoms with E-state index < -0.39 is 24.0 Å². The Morgan fingerprint density at radius 3 is 1.24 bits per heavy atom. The van der Waals surface area contributed by atoms with Crippen LogP contribution in [0.5, 0.6) is 0 Å². The van der Waals surface area contributed by atoms with Crippen molar-refractivity contribution < 1.29 is 19.8 Å². The maximum absolute atomic E-state index is 10.1. The van der Waals surface area contributed by atoms with Crippen LogP contribution in [0.25, 0.3) is 0 Å². The van der Waals surface area contributed by atoms with Crippen LogP contribution < -0.4 is 22.9 Å². The maximum Gasteiger partial charge on any atom is 0.320 e. The van der Waals surface area contributed by atoms with E-state index in [4.69, 9.17) is 33.1 Å². The monoisotopic (exact) mass is 328 g/mol. The number of carbonyl (C=O) groups is 2. The van der Waals surface area contributed by atoms with Gasteiger partial charge in [-0.15, -0.1) is 12.4 Å². The van der Waals surface area contributed by atoms with Gasteiger partial charge in [-0.25, -0.2) is 0 Å². The SMILES string of the molecule is Cl.NCCCC[C@@H](N)C(=O)O.NCCCC[C@H](N)C(=O)O. The van der Waals surface area contributed by atoms with Crippen LogP contribution in [0.1, 0.15) is 38.5 Å². The summed E-state index contributed by atoms with van der Waals surface area (Å²) >= 11 is 0. The number of nitrogens with two attached hydrogens (primary N) is 4. The van der Waals surface area contributed by atoms with Crippen molar-refractivity contribution in [2.24, 2.45) is 22.9 Å². The first kappa shape index (κ1) is 25.0. The minimum Gasteiger partial charge on any atom is -0.480 e. The number of hydrogen-bond acceptors (Lipinski definition) is 6. The Kier molecular flexibility index (Phi) is 20.4. The average Bonchev–Trinajstić information content (AvgIpc) is 2.39. The first-order valence-electron chi connectivity index (χ1n) is 6.73. The fraction of sp³-hybridized carbons (Fsp3) is 0.833. The van der Waals surface area contributed by atoms with Gasteiger partial charge < -0.3 is 33.1 Å². The Bertz CT molecular complexity index is 244. The van der Waals surface area contributed by atoms with Gasteiger partial charge in [0.25, 0.3) is 0 Å². The number of carboxylic acid groups (broad SMARTS) is 2. The van der Waals surface area contributed by atoms with Gasteiger partial charge in [-0.05, 0) is 38.8 Å². The number of hydrogen-bond donors (Lipinski definition) is 6. The summed E-state index contributed by atoms with van der Waals surface area (Å²) in [5.74, 6) is -1.87. The molecule has 2 atom stereocenters. The molecule has 9 heteroatoms. The highest BCUT2D eigenvalue weighted by molar-refractivity contribution is 5.85. The van der Waals surface area contributed by atoms with Crippen LogP contribution in [0.15, 0.2) is 0 Å². The third-order valence-electron chi connectivity index (χ3n) is 2.57. The minimum atomic E-state index is -0.933. The van der Waals surface area contributed by atoms with Crippen LogP contribution in [0.3, 0.4) is 0 Å². The molecule has 0 fully saturated rings. The Labute approximate surface area is 131 Å². The van der Waals surface area contributed by atoms with E-state index in [-0.39, 0.29) is 12.4 Å². The highest BCUT2D eigenvalue weighted by Gasteiger charge is 2.09. The predicted octanol–water partition coefficient (Wildman–Crippen LogP) is -0.524. The van der Waals surface area contributed by atoms with E-state index in [0.717, 1.165) is 25.7 Å². The largest absolute Gasteiger partial charge is 0.480 e. The molecule has 0 amide bonds. The molecule has 0 heterocycles. The van der Waals surface area contributed by atoms with Crippen LogP contribution in [0, 0.1) is 0 Å². The molecule has 0 unspecified atom stereocenters. The standard InChI is InChI=1S/2C6H14N2O2.ClH/c2*7-4-2-1-3-5(8)6(9)10;/h2*5H,1-4,7-8H2,(H,9,10);1H/t2*5-;/m10./s1. The Morgan fingerprint density at radius 2 is 1.05 bits per heavy atom. The second-order valence-corrected chi connectivity index (χ2v) is 4.46. The maximum atomic E-state index is 10.1. The topological polar surface area (TPSA) is 179 Å². The van der Waals surface area contributed by atoms with Gasteiger partial charge in [0.1, 0.15) is 12.1 Å². The number of unbranched alkanes of at least 4 members (excludes halogenated alkanes) is 2. The van der Waals surface area contributed by atoms with Gasteiger partial charge in [0.15, 0.2) is 0 Å². The van der Waals surface area contributed by atoms with Crippen molar-refractivity contribution in [2.45, 2.75) is 50.6 Å². The zero-order valence-corrected chi connectivity index (χ0v) is 13.1. The van der Waals surface area contributed by atoms with E-state index in [9.17, 15) is 9.59 Å². The van der Waals surface area contributed by atoms with Crippen molar-refractivity contribution in [3.05, 3.63) is 0 Å². The lowest BCUT2D eigenvalue weighted by Crippen LogP contribution is -2.29. The number of halogens is 1. The molecule has 0 radical (unpaired) electrons. The molecule has 0 aromatic rings. The van der Waals surface area contributed by atoms with Crippen molar-refractivity contribution >= 4 is 24.3 Å². The summed E-state index contributed by atoms with van der Waals surface area (Å²) in [6, 6.07) is -1.43. The van der Waals surface area contributed by atoms with Crippen molar-refractivity contribution in [2.75, 3.05) is 13.1 Å². The second-order valence-electron chi connectivity index (χ2n) is 4.46. The summed E-state index contributed by atoms with van der Waals surface area (Å²) in [4.78, 5) is 20.3. The molecule has 0 bridgehead atoms. The van der Waals surface area contributed by atoms with Crippen LogP contribution in [-0.2, 0) is 9.59 Å². The molecule has 21 heavy (non-hydrogen) atoms. The van der Waals surface area contributed by atoms with Crippen LogP contribution in [0.4, 0.5) is 0 Å². The van der Waals surface area contributed by atoms with Gasteiger partial charge in [-0.3, -0.25) is 9.59 Å². The molecule has 0 aliphatic rings. The molecule has 10 N–H and O–H groups in total. The molecule has 0 rings (SSSR count). The van der Waals surface area contributed by atoms with E-state index in [1.807, 2.05) is 0 Å². The van der Waals surface area contributed by atoms with Crippen LogP contribution in [-0.4, -0.2) is 47.3 Å². The molecule has 0 saturated carbocycles. The van der Waals surface area contributed by atoms with Gasteiger partial charge in [-0.2, -0.15) is 0 Å². The molecule has 0 spiro atoms. The zero-order chi connectivity index (χ0) is 16.0. The quantitative estimate of drug-likeness (QED) is 0.290. The number of carboxylic acids is 2. The molecule has 0 aromatic heterocycles. The fourth-order valence-electron chi connectivity index (χ4n) is 1.26. The molecule has 128 valence electrons. The Balaban J connectivity index is -0.000000295. The lowest BCUT2D eigenvalue weighted by atomic mass is 10.1. The average molecular weight is 329 g/mol. The molecule has 0 saturated heterocycles. The molecule has 8 nitrogen and oxygen atoms in total. The normalized spacial score (nSPS) is 12.4. The summed E-state index contributed by atoms with van der Waals surface area (Å²) < 4.78 is 0. The first-order valence-corrected chi connectivity index (χ1v) is 6.73. The van der Waals surface area contributed by atoms with E-state index >= 15 is 0 Å². The summed E-state index contributed by atoms with van der Waals surface area (Å²) in [5.41, 5.74) is 20.8. The smallest absolute Gasteiger partial charge is 0.320 e. The van der Waals surface area contributed by atoms with Crippen molar-refractivity contribution in [1.82, 2.24) is 0 Å². The van der Waals surface area contributed by atoms with Crippen molar-refractivity contribution in [3.8, 4) is 0 Å². The highest BCUT2D eigenvalue weighted by Crippen LogP contribution is 1.97. The van der Waals surface area contributed by atoms with Crippen molar-refractivity contribution in [1.29, 1.82) is 0 Å². The van der Waals surface area contributed by atoms with Crippen LogP contribution >= 0.6 is 12.4 Å². The third kappa shape index (κ3) is 19.1. The lowest BCUT2D eigenvalue weighted by Gasteiger charge is -2.03. The summed E-state index contributed by atoms with van der Waals surface area (Å²) in [5, 5.41) is 16.7. The van der Waals surface area contributed by atoms with Gasteiger partial charge >= 0.3 is 11.9 Å². The van der Waals surface area contributed by atoms with E-state index in [0.29, 0.717) is 25.9 Å². The van der Waals surface area contributed by atoms with Gasteiger partial charge in [0.2, 0.25) is 0 Å². The summed E-state index contributed by atoms with van der Waals surface area (Å²) in [6.45, 7) is 1.21. The third-order valence-corrected chi connectivity index (χ3v) is 2.57. The summed E-state index contributed by atoms with van der Waals surface area (Å²) in [7, 11) is 0. The molecular formula is C12H29ClN4O4. The lowest BCUT2D eigenvalue weighted by molar-refractivity contribution is -0.139. The zero-order valence-electron chi connectivity index (χ0n) is 12.2. The first-order chi connectivity index (χ1) is 9.36. The summed E-state index contributed by atoms with van der Waals surface area (Å²) in [6.07, 6.45) is 4.33. The fourth-order valence-corrected chi connectivity index (χ4v) is 1.26. The van der Waals surface area contributed by atoms with Crippen molar-refractivity contribution in [3.63, 3.8) is 0 Å². The Hall–Kier alpha value is -0.930. The highest BCUT2D eigenvalue weighted by atomic mass is 35.5. The number of aliphatic carboxylic acids is 2. The predicted molar refractivity (Wildman–Crippen MR) is 84.3 cm³/mol. The second kappa shape index (κ2) is 17.1. The molecular weight excluding hydrogens is 300 g/mol. The van der Waals surface area contributed by atoms with Crippen LogP contribution in [0.2, 0.25) is 0 Å². The van der Waals surface area contributed by atoms with E-state index in [1.165, 1.54) is 0 Å². The van der Waals surface area contributed by atoms with Gasteiger partial charge in [-0.1, -0.05) is 12.8 Å². The molecule has 0 aliphatic heterocycles. The van der Waals surface area contributed by atoms with Gasteiger partial charge in [0, 0.05) is 0 Å². The Morgan fingerprint density at radius 1 is 0.762 bits per heavy atom. The van der Waals surface area contributed by atoms with Gasteiger partial charge in [0.05, 0.1) is 0 Å². The number of rotatable bonds is 10.